The van der Waals surface area contributed by atoms with Crippen LogP contribution in [-0.2, 0) is 13.6 Å². The molecule has 1 fully saturated rings. The zero-order valence-corrected chi connectivity index (χ0v) is 6.88. The lowest BCUT2D eigenvalue weighted by Crippen LogP contribution is -2.02. The predicted octanol–water partition coefficient (Wildman–Crippen LogP) is 0.953. The Hall–Kier alpha value is 0.110. The summed E-state index contributed by atoms with van der Waals surface area (Å²) in [6, 6.07) is 0. The molecule has 5 heteroatoms. The molecule has 1 rings (SSSR count). The third-order valence-corrected chi connectivity index (χ3v) is 3.59. The minimum atomic E-state index is -3.14. The quantitative estimate of drug-likeness (QED) is 0.589. The Balaban J connectivity index is 2.71. The molecular formula is C5H11O4P. The molecule has 60 valence electrons. The number of hydrogen-bond acceptors (Lipinski definition) is 4. The van der Waals surface area contributed by atoms with Crippen LogP contribution in [0.2, 0.25) is 0 Å². The Bertz CT molecular complexity index is 169. The van der Waals surface area contributed by atoms with Gasteiger partial charge in [-0.15, -0.1) is 0 Å². The lowest BCUT2D eigenvalue weighted by Gasteiger charge is -2.10. The molecule has 0 aromatic rings. The van der Waals surface area contributed by atoms with Crippen LogP contribution < -0.4 is 0 Å². The highest BCUT2D eigenvalue weighted by Gasteiger charge is 2.42. The van der Waals surface area contributed by atoms with E-state index in [2.05, 4.69) is 4.52 Å². The Morgan fingerprint density at radius 2 is 2.40 bits per heavy atom. The van der Waals surface area contributed by atoms with E-state index in [1.807, 2.05) is 0 Å². The fourth-order valence-corrected chi connectivity index (χ4v) is 2.57. The van der Waals surface area contributed by atoms with Gasteiger partial charge in [0.05, 0.1) is 6.10 Å². The normalized spacial score (nSPS) is 47.9. The van der Waals surface area contributed by atoms with Crippen molar-refractivity contribution in [3.8, 4) is 0 Å². The molecule has 0 spiro atoms. The first kappa shape index (κ1) is 8.21. The summed E-state index contributed by atoms with van der Waals surface area (Å²) < 4.78 is 20.7. The van der Waals surface area contributed by atoms with Crippen LogP contribution in [0.4, 0.5) is 0 Å². The molecule has 0 saturated carbocycles. The molecule has 0 aliphatic carbocycles. The second-order valence-corrected chi connectivity index (χ2v) is 4.61. The second-order valence-electron chi connectivity index (χ2n) is 2.35. The summed E-state index contributed by atoms with van der Waals surface area (Å²) in [6.45, 7) is 1.75. The van der Waals surface area contributed by atoms with Crippen LogP contribution in [0.25, 0.3) is 0 Å². The van der Waals surface area contributed by atoms with Gasteiger partial charge in [0.2, 0.25) is 0 Å². The van der Waals surface area contributed by atoms with Gasteiger partial charge in [-0.3, -0.25) is 4.57 Å². The molecule has 1 aliphatic heterocycles. The van der Waals surface area contributed by atoms with E-state index >= 15 is 0 Å². The zero-order chi connectivity index (χ0) is 7.78. The maximum absolute atomic E-state index is 11.2. The van der Waals surface area contributed by atoms with Crippen LogP contribution in [-0.4, -0.2) is 24.2 Å². The first-order valence-electron chi connectivity index (χ1n) is 3.10. The number of aliphatic hydroxyl groups is 1. The van der Waals surface area contributed by atoms with E-state index in [1.54, 1.807) is 6.92 Å². The first-order valence-corrected chi connectivity index (χ1v) is 4.71. The van der Waals surface area contributed by atoms with Gasteiger partial charge in [0.25, 0.3) is 0 Å². The second kappa shape index (κ2) is 2.62. The largest absolute Gasteiger partial charge is 0.380 e. The van der Waals surface area contributed by atoms with Crippen molar-refractivity contribution in [1.29, 1.82) is 0 Å². The molecule has 3 unspecified atom stereocenters. The molecule has 0 amide bonds. The molecule has 1 N–H and O–H groups in total. The third kappa shape index (κ3) is 1.25. The van der Waals surface area contributed by atoms with Crippen molar-refractivity contribution in [3.05, 3.63) is 0 Å². The van der Waals surface area contributed by atoms with E-state index in [0.29, 0.717) is 6.42 Å². The number of hydrogen-bond donors (Lipinski definition) is 1. The van der Waals surface area contributed by atoms with Crippen molar-refractivity contribution >= 4 is 7.60 Å². The number of aliphatic hydroxyl groups excluding tert-OH is 1. The Morgan fingerprint density at radius 3 is 2.60 bits per heavy atom. The van der Waals surface area contributed by atoms with Crippen LogP contribution in [0.3, 0.4) is 0 Å². The highest BCUT2D eigenvalue weighted by atomic mass is 31.2. The van der Waals surface area contributed by atoms with Crippen LogP contribution in [0.5, 0.6) is 0 Å². The van der Waals surface area contributed by atoms with Gasteiger partial charge in [0, 0.05) is 13.5 Å². The number of rotatable bonds is 1. The van der Waals surface area contributed by atoms with Gasteiger partial charge < -0.3 is 14.2 Å². The fraction of sp³-hybridized carbons (Fsp3) is 1.00. The van der Waals surface area contributed by atoms with Crippen molar-refractivity contribution < 1.29 is 18.7 Å². The highest BCUT2D eigenvalue weighted by molar-refractivity contribution is 7.54. The zero-order valence-electron chi connectivity index (χ0n) is 5.98. The maximum atomic E-state index is 11.2. The molecule has 0 radical (unpaired) electrons. The molecule has 3 atom stereocenters. The lowest BCUT2D eigenvalue weighted by atomic mass is 10.3. The van der Waals surface area contributed by atoms with E-state index in [1.165, 1.54) is 7.11 Å². The molecule has 0 aromatic carbocycles. The van der Waals surface area contributed by atoms with E-state index in [9.17, 15) is 4.57 Å². The third-order valence-electron chi connectivity index (χ3n) is 1.49. The van der Waals surface area contributed by atoms with Crippen LogP contribution in [0.1, 0.15) is 13.3 Å². The van der Waals surface area contributed by atoms with Crippen molar-refractivity contribution in [2.45, 2.75) is 25.3 Å². The summed E-state index contributed by atoms with van der Waals surface area (Å²) in [5.41, 5.74) is 0. The molecule has 1 heterocycles. The molecule has 0 aromatic heterocycles. The molecule has 4 nitrogen and oxygen atoms in total. The molecule has 10 heavy (non-hydrogen) atoms. The highest BCUT2D eigenvalue weighted by Crippen LogP contribution is 2.58. The Kier molecular flexibility index (Phi) is 2.15. The van der Waals surface area contributed by atoms with E-state index in [4.69, 9.17) is 9.63 Å². The summed E-state index contributed by atoms with van der Waals surface area (Å²) in [7, 11) is -1.86. The van der Waals surface area contributed by atoms with Gasteiger partial charge >= 0.3 is 7.60 Å². The average molecular weight is 166 g/mol. The summed E-state index contributed by atoms with van der Waals surface area (Å²) in [6.07, 6.45) is 0.228. The first-order chi connectivity index (χ1) is 4.58. The smallest absolute Gasteiger partial charge is 0.358 e. The van der Waals surface area contributed by atoms with E-state index < -0.39 is 13.4 Å². The Morgan fingerprint density at radius 1 is 1.80 bits per heavy atom. The summed E-state index contributed by atoms with van der Waals surface area (Å²) in [5, 5.41) is 9.11. The molecular weight excluding hydrogens is 155 g/mol. The summed E-state index contributed by atoms with van der Waals surface area (Å²) in [5.74, 6) is -0.938. The van der Waals surface area contributed by atoms with Crippen LogP contribution in [0.15, 0.2) is 0 Å². The van der Waals surface area contributed by atoms with Crippen molar-refractivity contribution in [3.63, 3.8) is 0 Å². The van der Waals surface area contributed by atoms with E-state index in [-0.39, 0.29) is 6.10 Å². The van der Waals surface area contributed by atoms with Gasteiger partial charge in [-0.25, -0.2) is 0 Å². The fourth-order valence-electron chi connectivity index (χ4n) is 0.955. The average Bonchev–Trinajstić information content (AvgIpc) is 2.09. The standard InChI is InChI=1S/C5H11O4P/c1-4-3-5(6)10(7,8-2)9-4/h4-6H,3H2,1-2H3. The molecule has 0 bridgehead atoms. The van der Waals surface area contributed by atoms with Crippen molar-refractivity contribution in [2.75, 3.05) is 7.11 Å². The minimum Gasteiger partial charge on any atom is -0.380 e. The summed E-state index contributed by atoms with van der Waals surface area (Å²) in [4.78, 5) is 0. The van der Waals surface area contributed by atoms with Crippen LogP contribution >= 0.6 is 7.60 Å². The van der Waals surface area contributed by atoms with Gasteiger partial charge in [-0.05, 0) is 6.92 Å². The van der Waals surface area contributed by atoms with Crippen molar-refractivity contribution in [1.82, 2.24) is 0 Å². The van der Waals surface area contributed by atoms with Gasteiger partial charge in [-0.1, -0.05) is 0 Å². The topological polar surface area (TPSA) is 55.8 Å². The Labute approximate surface area is 59.7 Å². The van der Waals surface area contributed by atoms with E-state index in [0.717, 1.165) is 0 Å². The predicted molar refractivity (Wildman–Crippen MR) is 35.8 cm³/mol. The van der Waals surface area contributed by atoms with Crippen molar-refractivity contribution in [2.24, 2.45) is 0 Å². The molecule has 1 saturated heterocycles. The maximum Gasteiger partial charge on any atom is 0.358 e. The van der Waals surface area contributed by atoms with Gasteiger partial charge in [0.15, 0.2) is 5.85 Å². The lowest BCUT2D eigenvalue weighted by molar-refractivity contribution is 0.205. The van der Waals surface area contributed by atoms with Gasteiger partial charge in [-0.2, -0.15) is 0 Å². The van der Waals surface area contributed by atoms with Gasteiger partial charge in [0.1, 0.15) is 0 Å². The molecule has 1 aliphatic rings. The minimum absolute atomic E-state index is 0.166. The summed E-state index contributed by atoms with van der Waals surface area (Å²) >= 11 is 0. The monoisotopic (exact) mass is 166 g/mol. The van der Waals surface area contributed by atoms with Crippen LogP contribution in [0, 0.1) is 0 Å². The SMILES string of the molecule is COP1(=O)OC(C)CC1O.